The Bertz CT molecular complexity index is 1040. The Balaban J connectivity index is 1.07. The standard InChI is InChI=1S/C29H38N4O3/c34-26(12-11-24-28(35)33(29(36)30-24)16-13-20-7-2-1-3-8-20)32-15-6-9-21-17-22-18-23(27(21)32)19-31-14-5-4-10-25(22)31/h1-3,7-8,17,22-25,27H,4-6,9-16,18-19H2,(H,30,36)/t22-,23-,24-,25?,27?/m0/s1. The number of carbonyl (C=O) groups is 3. The van der Waals surface area contributed by atoms with Gasteiger partial charge in [-0.05, 0) is 68.9 Å². The van der Waals surface area contributed by atoms with E-state index in [0.717, 1.165) is 31.5 Å². The van der Waals surface area contributed by atoms with Crippen LogP contribution < -0.4 is 5.32 Å². The van der Waals surface area contributed by atoms with Crippen molar-refractivity contribution in [1.29, 1.82) is 0 Å². The number of hydrogen-bond donors (Lipinski definition) is 1. The van der Waals surface area contributed by atoms with Gasteiger partial charge in [-0.2, -0.15) is 0 Å². The maximum atomic E-state index is 13.5. The molecule has 5 atom stereocenters. The van der Waals surface area contributed by atoms with Gasteiger partial charge in [-0.25, -0.2) is 4.79 Å². The van der Waals surface area contributed by atoms with Crippen molar-refractivity contribution < 1.29 is 14.4 Å². The molecular weight excluding hydrogens is 452 g/mol. The van der Waals surface area contributed by atoms with E-state index in [4.69, 9.17) is 0 Å². The number of likely N-dealkylation sites (tertiary alicyclic amines) is 1. The maximum Gasteiger partial charge on any atom is 0.324 e. The van der Waals surface area contributed by atoms with Gasteiger partial charge in [-0.15, -0.1) is 0 Å². The molecule has 0 aromatic heterocycles. The fourth-order valence-electron chi connectivity index (χ4n) is 7.53. The van der Waals surface area contributed by atoms with Crippen LogP contribution in [0.4, 0.5) is 4.79 Å². The van der Waals surface area contributed by atoms with Crippen LogP contribution in [0.3, 0.4) is 0 Å². The first kappa shape index (κ1) is 23.7. The van der Waals surface area contributed by atoms with Crippen LogP contribution in [0.25, 0.3) is 0 Å². The molecule has 1 N–H and O–H groups in total. The molecule has 6 rings (SSSR count). The molecule has 4 aliphatic heterocycles. The Kier molecular flexibility index (Phi) is 6.59. The number of nitrogens with one attached hydrogen (secondary N) is 1. The minimum Gasteiger partial charge on any atom is -0.336 e. The van der Waals surface area contributed by atoms with Crippen molar-refractivity contribution >= 4 is 17.8 Å². The molecule has 4 heterocycles. The molecule has 0 saturated carbocycles. The first-order chi connectivity index (χ1) is 17.6. The van der Waals surface area contributed by atoms with Crippen molar-refractivity contribution in [3.05, 3.63) is 47.5 Å². The van der Waals surface area contributed by atoms with Gasteiger partial charge in [-0.3, -0.25) is 19.4 Å². The molecule has 1 aromatic rings. The summed E-state index contributed by atoms with van der Waals surface area (Å²) in [6.07, 6.45) is 11.1. The summed E-state index contributed by atoms with van der Waals surface area (Å²) in [7, 11) is 0. The summed E-state index contributed by atoms with van der Waals surface area (Å²) in [6, 6.07) is 9.86. The van der Waals surface area contributed by atoms with E-state index >= 15 is 0 Å². The van der Waals surface area contributed by atoms with Gasteiger partial charge in [0.1, 0.15) is 6.04 Å². The van der Waals surface area contributed by atoms with Crippen LogP contribution in [-0.2, 0) is 16.0 Å². The summed E-state index contributed by atoms with van der Waals surface area (Å²) < 4.78 is 0. The van der Waals surface area contributed by atoms with Crippen LogP contribution in [0.2, 0.25) is 0 Å². The summed E-state index contributed by atoms with van der Waals surface area (Å²) >= 11 is 0. The predicted molar refractivity (Wildman–Crippen MR) is 137 cm³/mol. The van der Waals surface area contributed by atoms with Crippen LogP contribution in [0.1, 0.15) is 56.9 Å². The van der Waals surface area contributed by atoms with Crippen molar-refractivity contribution in [2.24, 2.45) is 11.8 Å². The van der Waals surface area contributed by atoms with Gasteiger partial charge in [0.15, 0.2) is 0 Å². The average molecular weight is 491 g/mol. The van der Waals surface area contributed by atoms with E-state index < -0.39 is 6.04 Å². The third kappa shape index (κ3) is 4.47. The smallest absolute Gasteiger partial charge is 0.324 e. The fraction of sp³-hybridized carbons (Fsp3) is 0.621. The second-order valence-electron chi connectivity index (χ2n) is 11.4. The van der Waals surface area contributed by atoms with Gasteiger partial charge in [0, 0.05) is 32.1 Å². The third-order valence-electron chi connectivity index (χ3n) is 9.20. The third-order valence-corrected chi connectivity index (χ3v) is 9.20. The SMILES string of the molecule is O=C1N[C@@H](CCC(=O)N2CCCC3=C[C@H]4C[C@@H](CN5CCCCC45)C32)C(=O)N1CCc1ccccc1. The molecule has 2 bridgehead atoms. The molecule has 192 valence electrons. The molecule has 7 nitrogen and oxygen atoms in total. The van der Waals surface area contributed by atoms with E-state index in [2.05, 4.69) is 21.2 Å². The van der Waals surface area contributed by atoms with Crippen LogP contribution in [0.5, 0.6) is 0 Å². The molecule has 0 spiro atoms. The van der Waals surface area contributed by atoms with Crippen LogP contribution in [-0.4, -0.2) is 76.8 Å². The molecule has 1 aliphatic carbocycles. The highest BCUT2D eigenvalue weighted by molar-refractivity contribution is 6.04. The molecule has 4 saturated heterocycles. The second-order valence-corrected chi connectivity index (χ2v) is 11.4. The Labute approximate surface area is 213 Å². The summed E-state index contributed by atoms with van der Waals surface area (Å²) in [5.41, 5.74) is 2.58. The van der Waals surface area contributed by atoms with Crippen molar-refractivity contribution in [2.45, 2.75) is 75.9 Å². The molecule has 5 aliphatic rings. The van der Waals surface area contributed by atoms with Gasteiger partial charge in [0.2, 0.25) is 5.91 Å². The molecular formula is C29H38N4O3. The zero-order chi connectivity index (χ0) is 24.6. The predicted octanol–water partition coefficient (Wildman–Crippen LogP) is 3.35. The molecule has 4 fully saturated rings. The maximum absolute atomic E-state index is 13.5. The molecule has 1 aromatic carbocycles. The number of rotatable bonds is 6. The Morgan fingerprint density at radius 2 is 1.92 bits per heavy atom. The highest BCUT2D eigenvalue weighted by Gasteiger charge is 2.47. The van der Waals surface area contributed by atoms with E-state index in [1.165, 1.54) is 42.7 Å². The largest absolute Gasteiger partial charge is 0.336 e. The van der Waals surface area contributed by atoms with Crippen LogP contribution in [0, 0.1) is 11.8 Å². The Morgan fingerprint density at radius 1 is 1.06 bits per heavy atom. The van der Waals surface area contributed by atoms with Gasteiger partial charge in [0.05, 0.1) is 6.04 Å². The summed E-state index contributed by atoms with van der Waals surface area (Å²) in [5.74, 6) is 1.11. The number of imide groups is 1. The van der Waals surface area contributed by atoms with Gasteiger partial charge < -0.3 is 10.2 Å². The Hall–Kier alpha value is -2.67. The number of piperidine rings is 3. The number of amides is 4. The van der Waals surface area contributed by atoms with E-state index in [0.29, 0.717) is 43.7 Å². The monoisotopic (exact) mass is 490 g/mol. The highest BCUT2D eigenvalue weighted by Crippen LogP contribution is 2.45. The average Bonchev–Trinajstić information content (AvgIpc) is 3.18. The van der Waals surface area contributed by atoms with Gasteiger partial charge in [-0.1, -0.05) is 48.4 Å². The molecule has 0 radical (unpaired) electrons. The number of benzene rings is 1. The lowest BCUT2D eigenvalue weighted by Crippen LogP contribution is -2.60. The molecule has 2 unspecified atom stereocenters. The van der Waals surface area contributed by atoms with Crippen LogP contribution >= 0.6 is 0 Å². The number of hydrogen-bond acceptors (Lipinski definition) is 4. The summed E-state index contributed by atoms with van der Waals surface area (Å²) in [4.78, 5) is 45.0. The lowest BCUT2D eigenvalue weighted by Gasteiger charge is -2.54. The Morgan fingerprint density at radius 3 is 2.78 bits per heavy atom. The first-order valence-corrected chi connectivity index (χ1v) is 14.0. The van der Waals surface area contributed by atoms with E-state index in [-0.39, 0.29) is 23.9 Å². The van der Waals surface area contributed by atoms with Crippen molar-refractivity contribution in [2.75, 3.05) is 26.2 Å². The van der Waals surface area contributed by atoms with Gasteiger partial charge in [0.25, 0.3) is 5.91 Å². The van der Waals surface area contributed by atoms with Crippen LogP contribution in [0.15, 0.2) is 42.0 Å². The zero-order valence-electron chi connectivity index (χ0n) is 21.1. The normalized spacial score (nSPS) is 32.0. The van der Waals surface area contributed by atoms with E-state index in [1.807, 2.05) is 30.3 Å². The first-order valence-electron chi connectivity index (χ1n) is 14.0. The fourth-order valence-corrected chi connectivity index (χ4v) is 7.53. The van der Waals surface area contributed by atoms with E-state index in [9.17, 15) is 14.4 Å². The van der Waals surface area contributed by atoms with Crippen molar-refractivity contribution in [3.8, 4) is 0 Å². The van der Waals surface area contributed by atoms with Gasteiger partial charge >= 0.3 is 6.03 Å². The number of nitrogens with zero attached hydrogens (tertiary/aromatic N) is 3. The minimum atomic E-state index is -0.600. The number of urea groups is 1. The topological polar surface area (TPSA) is 73.0 Å². The molecule has 36 heavy (non-hydrogen) atoms. The van der Waals surface area contributed by atoms with Crippen molar-refractivity contribution in [3.63, 3.8) is 0 Å². The quantitative estimate of drug-likeness (QED) is 0.490. The highest BCUT2D eigenvalue weighted by atomic mass is 16.2. The number of fused-ring (bicyclic) bond motifs is 6. The number of carbonyl (C=O) groups excluding carboxylic acids is 3. The molecule has 7 heteroatoms. The lowest BCUT2D eigenvalue weighted by atomic mass is 9.68. The second kappa shape index (κ2) is 10.0. The van der Waals surface area contributed by atoms with E-state index in [1.54, 1.807) is 0 Å². The molecule has 4 amide bonds. The summed E-state index contributed by atoms with van der Waals surface area (Å²) in [6.45, 7) is 3.48. The van der Waals surface area contributed by atoms with Crippen molar-refractivity contribution in [1.82, 2.24) is 20.0 Å². The lowest BCUT2D eigenvalue weighted by molar-refractivity contribution is -0.136. The summed E-state index contributed by atoms with van der Waals surface area (Å²) in [5, 5.41) is 2.82. The minimum absolute atomic E-state index is 0.134. The zero-order valence-corrected chi connectivity index (χ0v) is 21.1.